The van der Waals surface area contributed by atoms with E-state index in [1.54, 1.807) is 4.90 Å². The number of amides is 2. The van der Waals surface area contributed by atoms with Gasteiger partial charge in [-0.3, -0.25) is 9.59 Å². The molecule has 0 spiro atoms. The van der Waals surface area contributed by atoms with Crippen LogP contribution >= 0.6 is 0 Å². The molecule has 1 aliphatic rings. The van der Waals surface area contributed by atoms with Crippen LogP contribution < -0.4 is 10.2 Å². The largest absolute Gasteiger partial charge is 0.326 e. The van der Waals surface area contributed by atoms with E-state index >= 15 is 0 Å². The number of nitrogens with zero attached hydrogens (tertiary/aromatic N) is 3. The minimum atomic E-state index is -0.388. The average Bonchev–Trinajstić information content (AvgIpc) is 3.39. The first-order valence-corrected chi connectivity index (χ1v) is 11.1. The van der Waals surface area contributed by atoms with Gasteiger partial charge in [-0.1, -0.05) is 18.2 Å². The van der Waals surface area contributed by atoms with E-state index in [1.165, 1.54) is 5.56 Å². The molecular formula is C27H26N4O2. The number of pyridine rings is 1. The molecule has 166 valence electrons. The van der Waals surface area contributed by atoms with Gasteiger partial charge in [-0.25, -0.2) is 4.98 Å². The summed E-state index contributed by atoms with van der Waals surface area (Å²) >= 11 is 0. The van der Waals surface area contributed by atoms with Crippen molar-refractivity contribution in [2.45, 2.75) is 27.2 Å². The van der Waals surface area contributed by atoms with E-state index in [1.807, 2.05) is 92.2 Å². The predicted octanol–water partition coefficient (Wildman–Crippen LogP) is 4.92. The second-order valence-corrected chi connectivity index (χ2v) is 8.84. The number of imidazole rings is 1. The van der Waals surface area contributed by atoms with E-state index in [0.717, 1.165) is 33.7 Å². The molecule has 6 nitrogen and oxygen atoms in total. The van der Waals surface area contributed by atoms with Crippen molar-refractivity contribution in [2.75, 3.05) is 16.8 Å². The highest BCUT2D eigenvalue weighted by Crippen LogP contribution is 2.28. The average molecular weight is 439 g/mol. The predicted molar refractivity (Wildman–Crippen MR) is 130 cm³/mol. The van der Waals surface area contributed by atoms with Crippen LogP contribution in [-0.4, -0.2) is 27.7 Å². The molecule has 2 amide bonds. The molecule has 0 bridgehead atoms. The van der Waals surface area contributed by atoms with Crippen LogP contribution in [0.3, 0.4) is 0 Å². The molecule has 2 aromatic heterocycles. The quantitative estimate of drug-likeness (QED) is 0.492. The van der Waals surface area contributed by atoms with Gasteiger partial charge in [0.2, 0.25) is 11.8 Å². The second-order valence-electron chi connectivity index (χ2n) is 8.84. The Kier molecular flexibility index (Phi) is 5.21. The van der Waals surface area contributed by atoms with Crippen molar-refractivity contribution in [3.8, 4) is 11.3 Å². The van der Waals surface area contributed by atoms with Crippen LogP contribution in [0.15, 0.2) is 67.0 Å². The summed E-state index contributed by atoms with van der Waals surface area (Å²) in [6, 6.07) is 17.7. The Balaban J connectivity index is 1.32. The second kappa shape index (κ2) is 8.20. The van der Waals surface area contributed by atoms with Crippen molar-refractivity contribution in [2.24, 2.45) is 5.92 Å². The highest BCUT2D eigenvalue weighted by Gasteiger charge is 2.35. The molecule has 4 aromatic rings. The summed E-state index contributed by atoms with van der Waals surface area (Å²) in [5.74, 6) is -0.550. The van der Waals surface area contributed by atoms with Gasteiger partial charge in [0.15, 0.2) is 0 Å². The van der Waals surface area contributed by atoms with Crippen molar-refractivity contribution >= 4 is 28.8 Å². The van der Waals surface area contributed by atoms with E-state index in [9.17, 15) is 9.59 Å². The van der Waals surface area contributed by atoms with Gasteiger partial charge in [0.05, 0.1) is 11.6 Å². The highest BCUT2D eigenvalue weighted by molar-refractivity contribution is 6.03. The zero-order chi connectivity index (χ0) is 23.1. The summed E-state index contributed by atoms with van der Waals surface area (Å²) < 4.78 is 1.99. The SMILES string of the molecule is Cc1ccn2cc(-c3cccc(NC(=O)[C@H]4CC(=O)N(c5ccc(C)c(C)c5)C4)c3)nc2c1. The van der Waals surface area contributed by atoms with Gasteiger partial charge in [0.1, 0.15) is 5.65 Å². The lowest BCUT2D eigenvalue weighted by atomic mass is 10.1. The molecule has 6 heteroatoms. The van der Waals surface area contributed by atoms with Gasteiger partial charge in [-0.05, 0) is 73.9 Å². The summed E-state index contributed by atoms with van der Waals surface area (Å²) in [5.41, 5.74) is 7.66. The zero-order valence-electron chi connectivity index (χ0n) is 19.0. The van der Waals surface area contributed by atoms with E-state index in [2.05, 4.69) is 5.32 Å². The molecule has 1 N–H and O–H groups in total. The van der Waals surface area contributed by atoms with Crippen molar-refractivity contribution < 1.29 is 9.59 Å². The Morgan fingerprint density at radius 1 is 1.03 bits per heavy atom. The molecule has 0 aliphatic carbocycles. The molecule has 1 atom stereocenters. The van der Waals surface area contributed by atoms with Gasteiger partial charge in [-0.2, -0.15) is 0 Å². The normalized spacial score (nSPS) is 15.9. The Morgan fingerprint density at radius 3 is 2.70 bits per heavy atom. The van der Waals surface area contributed by atoms with E-state index in [4.69, 9.17) is 4.98 Å². The zero-order valence-corrected chi connectivity index (χ0v) is 19.0. The first kappa shape index (κ1) is 20.9. The van der Waals surface area contributed by atoms with Crippen LogP contribution in [0.4, 0.5) is 11.4 Å². The van der Waals surface area contributed by atoms with Gasteiger partial charge in [0.25, 0.3) is 0 Å². The van der Waals surface area contributed by atoms with Crippen LogP contribution in [0.25, 0.3) is 16.9 Å². The number of aromatic nitrogens is 2. The fourth-order valence-electron chi connectivity index (χ4n) is 4.25. The minimum Gasteiger partial charge on any atom is -0.326 e. The maximum Gasteiger partial charge on any atom is 0.229 e. The Bertz CT molecular complexity index is 1390. The van der Waals surface area contributed by atoms with Gasteiger partial charge >= 0.3 is 0 Å². The van der Waals surface area contributed by atoms with E-state index in [0.29, 0.717) is 12.2 Å². The van der Waals surface area contributed by atoms with Crippen LogP contribution in [0.1, 0.15) is 23.1 Å². The minimum absolute atomic E-state index is 0.0212. The number of rotatable bonds is 4. The topological polar surface area (TPSA) is 66.7 Å². The monoisotopic (exact) mass is 438 g/mol. The molecule has 1 fully saturated rings. The summed E-state index contributed by atoms with van der Waals surface area (Å²) in [5, 5.41) is 3.00. The molecule has 0 saturated carbocycles. The maximum atomic E-state index is 13.0. The maximum absolute atomic E-state index is 13.0. The molecule has 1 saturated heterocycles. The van der Waals surface area contributed by atoms with E-state index < -0.39 is 0 Å². The molecule has 2 aromatic carbocycles. The fraction of sp³-hybridized carbons (Fsp3) is 0.222. The molecule has 0 radical (unpaired) electrons. The van der Waals surface area contributed by atoms with Crippen LogP contribution in [-0.2, 0) is 9.59 Å². The van der Waals surface area contributed by atoms with Crippen molar-refractivity contribution in [3.05, 3.63) is 83.7 Å². The van der Waals surface area contributed by atoms with Gasteiger partial charge in [-0.15, -0.1) is 0 Å². The fourth-order valence-corrected chi connectivity index (χ4v) is 4.25. The van der Waals surface area contributed by atoms with Crippen LogP contribution in [0, 0.1) is 26.7 Å². The summed E-state index contributed by atoms with van der Waals surface area (Å²) in [4.78, 5) is 32.0. The number of nitrogens with one attached hydrogen (secondary N) is 1. The summed E-state index contributed by atoms with van der Waals surface area (Å²) in [7, 11) is 0. The van der Waals surface area contributed by atoms with E-state index in [-0.39, 0.29) is 24.2 Å². The van der Waals surface area contributed by atoms with Gasteiger partial charge < -0.3 is 14.6 Å². The number of carbonyl (C=O) groups is 2. The lowest BCUT2D eigenvalue weighted by Gasteiger charge is -2.18. The third kappa shape index (κ3) is 4.12. The van der Waals surface area contributed by atoms with Crippen LogP contribution in [0.5, 0.6) is 0 Å². The Hall–Kier alpha value is -3.93. The number of hydrogen-bond acceptors (Lipinski definition) is 3. The third-order valence-corrected chi connectivity index (χ3v) is 6.34. The first-order chi connectivity index (χ1) is 15.9. The summed E-state index contributed by atoms with van der Waals surface area (Å²) in [6.45, 7) is 6.50. The van der Waals surface area contributed by atoms with Crippen molar-refractivity contribution in [1.82, 2.24) is 9.38 Å². The standard InChI is InChI=1S/C27H26N4O2/c1-17-9-10-30-16-24(29-25(30)11-17)20-5-4-6-22(13-20)28-27(33)21-14-26(32)31(15-21)23-8-7-18(2)19(3)12-23/h4-13,16,21H,14-15H2,1-3H3,(H,28,33)/t21-/m0/s1. The molecule has 5 rings (SSSR count). The van der Waals surface area contributed by atoms with Crippen molar-refractivity contribution in [1.29, 1.82) is 0 Å². The number of aryl methyl sites for hydroxylation is 3. The van der Waals surface area contributed by atoms with Gasteiger partial charge in [0, 0.05) is 42.3 Å². The Morgan fingerprint density at radius 2 is 1.88 bits per heavy atom. The smallest absolute Gasteiger partial charge is 0.229 e. The number of benzene rings is 2. The third-order valence-electron chi connectivity index (χ3n) is 6.34. The lowest BCUT2D eigenvalue weighted by Crippen LogP contribution is -2.28. The van der Waals surface area contributed by atoms with Crippen molar-refractivity contribution in [3.63, 3.8) is 0 Å². The number of fused-ring (bicyclic) bond motifs is 1. The number of anilines is 2. The molecule has 33 heavy (non-hydrogen) atoms. The Labute approximate surface area is 192 Å². The molecule has 3 heterocycles. The number of hydrogen-bond donors (Lipinski definition) is 1. The summed E-state index contributed by atoms with van der Waals surface area (Å²) in [6.07, 6.45) is 4.18. The number of carbonyl (C=O) groups excluding carboxylic acids is 2. The lowest BCUT2D eigenvalue weighted by molar-refractivity contribution is -0.122. The molecule has 0 unspecified atom stereocenters. The highest BCUT2D eigenvalue weighted by atomic mass is 16.2. The van der Waals surface area contributed by atoms with Crippen LogP contribution in [0.2, 0.25) is 0 Å². The first-order valence-electron chi connectivity index (χ1n) is 11.1. The molecule has 1 aliphatic heterocycles. The molecular weight excluding hydrogens is 412 g/mol.